The lowest BCUT2D eigenvalue weighted by Gasteiger charge is -2.22. The number of ether oxygens (including phenoxy) is 2. The molecular weight excluding hydrogens is 382 g/mol. The number of nitrogens with zero attached hydrogens (tertiary/aromatic N) is 2. The number of hydrogen-bond acceptors (Lipinski definition) is 6. The van der Waals surface area contributed by atoms with Gasteiger partial charge in [0.2, 0.25) is 5.82 Å². The van der Waals surface area contributed by atoms with Crippen molar-refractivity contribution in [2.24, 2.45) is 0 Å². The molecule has 1 aliphatic rings. The summed E-state index contributed by atoms with van der Waals surface area (Å²) in [6.07, 6.45) is 5.75. The fourth-order valence-corrected chi connectivity index (χ4v) is 3.56. The first-order valence-electron chi connectivity index (χ1n) is 10.2. The first-order valence-corrected chi connectivity index (χ1v) is 10.2. The van der Waals surface area contributed by atoms with E-state index >= 15 is 0 Å². The largest absolute Gasteiger partial charge is 0.497 e. The zero-order valence-corrected chi connectivity index (χ0v) is 17.0. The number of benzene rings is 2. The van der Waals surface area contributed by atoms with Gasteiger partial charge in [0.05, 0.1) is 7.11 Å². The van der Waals surface area contributed by atoms with E-state index in [4.69, 9.17) is 14.0 Å². The highest BCUT2D eigenvalue weighted by molar-refractivity contribution is 5.77. The zero-order valence-electron chi connectivity index (χ0n) is 17.0. The van der Waals surface area contributed by atoms with Crippen LogP contribution in [0.5, 0.6) is 11.5 Å². The third-order valence-corrected chi connectivity index (χ3v) is 5.22. The molecule has 2 aromatic carbocycles. The average Bonchev–Trinajstić information content (AvgIpc) is 3.29. The molecule has 1 saturated carbocycles. The Balaban J connectivity index is 1.33. The minimum absolute atomic E-state index is 0.0119. The molecule has 0 radical (unpaired) electrons. The minimum Gasteiger partial charge on any atom is -0.497 e. The number of amides is 1. The SMILES string of the molecule is COc1ccc(-c2noc(-c3ccc(OCC(=O)NC4CCCCC4)cc3)n2)cc1. The van der Waals surface area contributed by atoms with Crippen molar-refractivity contribution in [3.8, 4) is 34.3 Å². The Morgan fingerprint density at radius 2 is 1.67 bits per heavy atom. The molecule has 1 fully saturated rings. The van der Waals surface area contributed by atoms with Crippen LogP contribution < -0.4 is 14.8 Å². The maximum Gasteiger partial charge on any atom is 0.258 e. The molecule has 1 heterocycles. The lowest BCUT2D eigenvalue weighted by atomic mass is 9.95. The van der Waals surface area contributed by atoms with E-state index in [9.17, 15) is 4.79 Å². The van der Waals surface area contributed by atoms with Crippen LogP contribution in [-0.2, 0) is 4.79 Å². The Hall–Kier alpha value is -3.35. The van der Waals surface area contributed by atoms with Gasteiger partial charge in [0, 0.05) is 17.2 Å². The molecular formula is C23H25N3O4. The molecule has 1 aliphatic carbocycles. The van der Waals surface area contributed by atoms with E-state index in [2.05, 4.69) is 15.5 Å². The third kappa shape index (κ3) is 4.97. The fraction of sp³-hybridized carbons (Fsp3) is 0.348. The highest BCUT2D eigenvalue weighted by Gasteiger charge is 2.16. The van der Waals surface area contributed by atoms with Crippen LogP contribution in [0.15, 0.2) is 53.1 Å². The lowest BCUT2D eigenvalue weighted by Crippen LogP contribution is -2.38. The standard InChI is InChI=1S/C23H25N3O4/c1-28-19-11-7-16(8-12-19)22-25-23(30-26-22)17-9-13-20(14-10-17)29-15-21(27)24-18-5-3-2-4-6-18/h7-14,18H,2-6,15H2,1H3,(H,24,27). The van der Waals surface area contributed by atoms with Gasteiger partial charge in [-0.25, -0.2) is 0 Å². The summed E-state index contributed by atoms with van der Waals surface area (Å²) in [7, 11) is 1.62. The molecule has 0 saturated heterocycles. The summed E-state index contributed by atoms with van der Waals surface area (Å²) >= 11 is 0. The van der Waals surface area contributed by atoms with Gasteiger partial charge in [0.15, 0.2) is 6.61 Å². The fourth-order valence-electron chi connectivity index (χ4n) is 3.56. The second kappa shape index (κ2) is 9.43. The van der Waals surface area contributed by atoms with Crippen LogP contribution in [0.2, 0.25) is 0 Å². The van der Waals surface area contributed by atoms with Crippen molar-refractivity contribution in [3.63, 3.8) is 0 Å². The van der Waals surface area contributed by atoms with Crippen molar-refractivity contribution in [2.45, 2.75) is 38.1 Å². The van der Waals surface area contributed by atoms with E-state index in [1.54, 1.807) is 19.2 Å². The van der Waals surface area contributed by atoms with Crippen LogP contribution in [0, 0.1) is 0 Å². The second-order valence-corrected chi connectivity index (χ2v) is 7.37. The molecule has 7 nitrogen and oxygen atoms in total. The van der Waals surface area contributed by atoms with Gasteiger partial charge in [0.1, 0.15) is 11.5 Å². The summed E-state index contributed by atoms with van der Waals surface area (Å²) in [4.78, 5) is 16.5. The molecule has 1 N–H and O–H groups in total. The van der Waals surface area contributed by atoms with Crippen LogP contribution >= 0.6 is 0 Å². The van der Waals surface area contributed by atoms with Gasteiger partial charge in [-0.3, -0.25) is 4.79 Å². The topological polar surface area (TPSA) is 86.5 Å². The molecule has 3 aromatic rings. The number of methoxy groups -OCH3 is 1. The Kier molecular flexibility index (Phi) is 6.27. The lowest BCUT2D eigenvalue weighted by molar-refractivity contribution is -0.124. The van der Waals surface area contributed by atoms with Gasteiger partial charge in [-0.1, -0.05) is 24.4 Å². The summed E-state index contributed by atoms with van der Waals surface area (Å²) in [5.41, 5.74) is 1.62. The van der Waals surface area contributed by atoms with E-state index in [1.165, 1.54) is 19.3 Å². The molecule has 7 heteroatoms. The molecule has 156 valence electrons. The smallest absolute Gasteiger partial charge is 0.258 e. The minimum atomic E-state index is -0.0768. The van der Waals surface area contributed by atoms with E-state index in [1.807, 2.05) is 36.4 Å². The van der Waals surface area contributed by atoms with Crippen molar-refractivity contribution in [1.29, 1.82) is 0 Å². The van der Waals surface area contributed by atoms with Crippen molar-refractivity contribution >= 4 is 5.91 Å². The number of carbonyl (C=O) groups excluding carboxylic acids is 1. The molecule has 0 atom stereocenters. The van der Waals surface area contributed by atoms with E-state index < -0.39 is 0 Å². The van der Waals surface area contributed by atoms with Gasteiger partial charge in [-0.15, -0.1) is 0 Å². The van der Waals surface area contributed by atoms with Gasteiger partial charge >= 0.3 is 0 Å². The maximum atomic E-state index is 12.1. The number of hydrogen-bond donors (Lipinski definition) is 1. The van der Waals surface area contributed by atoms with Crippen molar-refractivity contribution in [1.82, 2.24) is 15.5 Å². The molecule has 0 unspecified atom stereocenters. The molecule has 0 spiro atoms. The molecule has 30 heavy (non-hydrogen) atoms. The van der Waals surface area contributed by atoms with Gasteiger partial charge in [-0.2, -0.15) is 4.98 Å². The summed E-state index contributed by atoms with van der Waals surface area (Å²) in [5, 5.41) is 7.09. The second-order valence-electron chi connectivity index (χ2n) is 7.37. The number of nitrogens with one attached hydrogen (secondary N) is 1. The first-order chi connectivity index (χ1) is 14.7. The summed E-state index contributed by atoms with van der Waals surface area (Å²) in [6, 6.07) is 15.0. The third-order valence-electron chi connectivity index (χ3n) is 5.22. The highest BCUT2D eigenvalue weighted by atomic mass is 16.5. The van der Waals surface area contributed by atoms with Crippen LogP contribution in [-0.4, -0.2) is 35.8 Å². The highest BCUT2D eigenvalue weighted by Crippen LogP contribution is 2.25. The van der Waals surface area contributed by atoms with Crippen molar-refractivity contribution in [3.05, 3.63) is 48.5 Å². The molecule has 1 aromatic heterocycles. The average molecular weight is 407 g/mol. The monoisotopic (exact) mass is 407 g/mol. The number of rotatable bonds is 7. The normalized spacial score (nSPS) is 14.3. The van der Waals surface area contributed by atoms with E-state index in [0.717, 1.165) is 29.7 Å². The Bertz CT molecular complexity index is 961. The molecule has 0 bridgehead atoms. The quantitative estimate of drug-likeness (QED) is 0.630. The summed E-state index contributed by atoms with van der Waals surface area (Å²) in [5.74, 6) is 2.24. The van der Waals surface area contributed by atoms with Crippen LogP contribution in [0.1, 0.15) is 32.1 Å². The predicted octanol–water partition coefficient (Wildman–Crippen LogP) is 4.24. The van der Waals surface area contributed by atoms with Crippen molar-refractivity contribution in [2.75, 3.05) is 13.7 Å². The molecule has 4 rings (SSSR count). The van der Waals surface area contributed by atoms with Crippen molar-refractivity contribution < 1.29 is 18.8 Å². The first kappa shape index (κ1) is 19.9. The predicted molar refractivity (Wildman–Crippen MR) is 112 cm³/mol. The molecule has 1 amide bonds. The maximum absolute atomic E-state index is 12.1. The Morgan fingerprint density at radius 3 is 2.37 bits per heavy atom. The molecule has 0 aliphatic heterocycles. The van der Waals surface area contributed by atoms with Crippen LogP contribution in [0.3, 0.4) is 0 Å². The zero-order chi connectivity index (χ0) is 20.8. The number of aromatic nitrogens is 2. The summed E-state index contributed by atoms with van der Waals surface area (Å²) < 4.78 is 16.2. The Labute approximate surface area is 175 Å². The van der Waals surface area contributed by atoms with Gasteiger partial charge in [-0.05, 0) is 61.4 Å². The van der Waals surface area contributed by atoms with Crippen LogP contribution in [0.4, 0.5) is 0 Å². The Morgan fingerprint density at radius 1 is 1.00 bits per heavy atom. The van der Waals surface area contributed by atoms with Gasteiger partial charge < -0.3 is 19.3 Å². The van der Waals surface area contributed by atoms with Crippen LogP contribution in [0.25, 0.3) is 22.8 Å². The number of carbonyl (C=O) groups is 1. The van der Waals surface area contributed by atoms with E-state index in [-0.39, 0.29) is 18.6 Å². The van der Waals surface area contributed by atoms with E-state index in [0.29, 0.717) is 17.5 Å². The van der Waals surface area contributed by atoms with Gasteiger partial charge in [0.25, 0.3) is 11.8 Å². The summed E-state index contributed by atoms with van der Waals surface area (Å²) in [6.45, 7) is 0.0119.